The molecule has 6 aromatic rings. The van der Waals surface area contributed by atoms with Gasteiger partial charge in [-0.2, -0.15) is 5.56 Å². The van der Waals surface area contributed by atoms with Crippen molar-refractivity contribution in [2.45, 2.75) is 31.7 Å². The molecule has 2 aromatic heterocycles. The first-order chi connectivity index (χ1) is 17.9. The molecule has 0 saturated carbocycles. The van der Waals surface area contributed by atoms with Gasteiger partial charge in [0.2, 0.25) is 0 Å². The van der Waals surface area contributed by atoms with E-state index in [2.05, 4.69) is 119 Å². The summed E-state index contributed by atoms with van der Waals surface area (Å²) in [6.45, 7) is 0. The van der Waals surface area contributed by atoms with Crippen molar-refractivity contribution in [3.63, 3.8) is 0 Å². The molecule has 8 rings (SSSR count). The van der Waals surface area contributed by atoms with Crippen LogP contribution in [0.15, 0.2) is 109 Å². The van der Waals surface area contributed by atoms with Crippen molar-refractivity contribution in [1.29, 1.82) is 0 Å². The molecule has 2 aliphatic rings. The fourth-order valence-electron chi connectivity index (χ4n) is 5.97. The minimum atomic E-state index is 0. The molecule has 1 unspecified atom stereocenters. The normalized spacial score (nSPS) is 14.8. The minimum absolute atomic E-state index is 0. The van der Waals surface area contributed by atoms with Crippen LogP contribution in [0.4, 0.5) is 0 Å². The summed E-state index contributed by atoms with van der Waals surface area (Å²) in [6, 6.07) is 35.0. The van der Waals surface area contributed by atoms with Gasteiger partial charge in [0.15, 0.2) is 0 Å². The van der Waals surface area contributed by atoms with Gasteiger partial charge in [-0.15, -0.1) is 52.7 Å². The van der Waals surface area contributed by atoms with Gasteiger partial charge >= 0.3 is 25.8 Å². The third kappa shape index (κ3) is 5.37. The standard InChI is InChI=1S/C21H18N.C13H10N.2ClH.Hf/c1-2-8-16-14-17(13-15(16)7-1)22-20-11-5-3-9-18(20)19-10-4-6-12-21(19)22;1-2-6-12-11(5-1)7-8-13(12)14-9-3-4-10-14;;;/h1-3,5,7-9,11,13-14H,4,6,10,12H2;1-7,9-10,13H;2*1H;/q2*-1;;;+4/p-2. The number of halogens is 2. The third-order valence-corrected chi connectivity index (χ3v) is 7.65. The van der Waals surface area contributed by atoms with Crippen LogP contribution in [0.1, 0.15) is 41.3 Å². The van der Waals surface area contributed by atoms with E-state index in [4.69, 9.17) is 0 Å². The average molecular weight is 714 g/mol. The Labute approximate surface area is 261 Å². The molecule has 2 aliphatic carbocycles. The van der Waals surface area contributed by atoms with E-state index in [1.165, 1.54) is 69.9 Å². The number of allylic oxidation sites excluding steroid dienone is 1. The topological polar surface area (TPSA) is 9.86 Å². The fraction of sp³-hybridized carbons (Fsp3) is 0.147. The van der Waals surface area contributed by atoms with E-state index in [0.29, 0.717) is 0 Å². The average Bonchev–Trinajstić information content (AvgIpc) is 3.72. The first-order valence-corrected chi connectivity index (χ1v) is 12.9. The van der Waals surface area contributed by atoms with Crippen molar-refractivity contribution in [1.82, 2.24) is 9.13 Å². The summed E-state index contributed by atoms with van der Waals surface area (Å²) in [5, 5.41) is 4.11. The smallest absolute Gasteiger partial charge is 1.00 e. The molecular formula is C34H28Cl2HfN2. The van der Waals surface area contributed by atoms with Crippen molar-refractivity contribution in [3.05, 3.63) is 138 Å². The van der Waals surface area contributed by atoms with Gasteiger partial charge < -0.3 is 33.9 Å². The molecule has 39 heavy (non-hydrogen) atoms. The van der Waals surface area contributed by atoms with Gasteiger partial charge in [0.25, 0.3) is 0 Å². The molecule has 0 N–H and O–H groups in total. The maximum atomic E-state index is 3.36. The van der Waals surface area contributed by atoms with Crippen LogP contribution in [0.2, 0.25) is 0 Å². The monoisotopic (exact) mass is 714 g/mol. The second kappa shape index (κ2) is 12.6. The van der Waals surface area contributed by atoms with E-state index in [-0.39, 0.29) is 56.7 Å². The summed E-state index contributed by atoms with van der Waals surface area (Å²) in [4.78, 5) is 0. The van der Waals surface area contributed by atoms with Crippen molar-refractivity contribution < 1.29 is 50.7 Å². The zero-order valence-electron chi connectivity index (χ0n) is 21.5. The summed E-state index contributed by atoms with van der Waals surface area (Å²) in [6.07, 6.45) is 14.6. The van der Waals surface area contributed by atoms with E-state index in [9.17, 15) is 0 Å². The Morgan fingerprint density at radius 1 is 0.769 bits per heavy atom. The van der Waals surface area contributed by atoms with Crippen LogP contribution in [-0.2, 0) is 38.7 Å². The van der Waals surface area contributed by atoms with Crippen LogP contribution in [0.3, 0.4) is 0 Å². The zero-order chi connectivity index (χ0) is 23.9. The Bertz CT molecular complexity index is 1680. The van der Waals surface area contributed by atoms with Gasteiger partial charge in [0.1, 0.15) is 0 Å². The van der Waals surface area contributed by atoms with Crippen LogP contribution >= 0.6 is 0 Å². The van der Waals surface area contributed by atoms with Gasteiger partial charge in [-0.3, -0.25) is 0 Å². The number of rotatable bonds is 2. The predicted octanol–water partition coefficient (Wildman–Crippen LogP) is 2.29. The van der Waals surface area contributed by atoms with Crippen molar-refractivity contribution in [3.8, 4) is 5.69 Å². The Morgan fingerprint density at radius 2 is 1.49 bits per heavy atom. The number of benzene rings is 3. The van der Waals surface area contributed by atoms with Crippen LogP contribution < -0.4 is 24.8 Å². The zero-order valence-corrected chi connectivity index (χ0v) is 26.6. The molecule has 0 aliphatic heterocycles. The van der Waals surface area contributed by atoms with Crippen molar-refractivity contribution >= 4 is 27.8 Å². The summed E-state index contributed by atoms with van der Waals surface area (Å²) in [5.41, 5.74) is 8.41. The van der Waals surface area contributed by atoms with E-state index in [1.54, 1.807) is 5.56 Å². The molecular weight excluding hydrogens is 686 g/mol. The molecule has 0 amide bonds. The first-order valence-electron chi connectivity index (χ1n) is 12.9. The van der Waals surface area contributed by atoms with Gasteiger partial charge in [-0.05, 0) is 61.2 Å². The Hall–Kier alpha value is -2.72. The van der Waals surface area contributed by atoms with E-state index in [0.717, 1.165) is 0 Å². The number of hydrogen-bond acceptors (Lipinski definition) is 0. The van der Waals surface area contributed by atoms with Crippen LogP contribution in [0, 0.1) is 6.08 Å². The maximum Gasteiger partial charge on any atom is 4.00 e. The van der Waals surface area contributed by atoms with Crippen molar-refractivity contribution in [2.24, 2.45) is 0 Å². The second-order valence-electron chi connectivity index (χ2n) is 9.80. The SMILES string of the molecule is [C-]1=Cc2ccccc2C1n1cccc1.[Cl-].[Cl-].[Hf+4].c1ccc2[cH-]c(-n3c4c(c5ccccc53)CCCC4)cc2c1. The number of aromatic nitrogens is 2. The first kappa shape index (κ1) is 29.3. The third-order valence-electron chi connectivity index (χ3n) is 7.65. The van der Waals surface area contributed by atoms with Crippen LogP contribution in [0.5, 0.6) is 0 Å². The number of para-hydroxylation sites is 1. The van der Waals surface area contributed by atoms with Crippen molar-refractivity contribution in [2.75, 3.05) is 0 Å². The minimum Gasteiger partial charge on any atom is -1.00 e. The molecule has 1 atom stereocenters. The molecule has 0 saturated heterocycles. The number of nitrogens with zero attached hydrogens (tertiary/aromatic N) is 2. The Kier molecular flexibility index (Phi) is 9.48. The molecule has 0 fully saturated rings. The van der Waals surface area contributed by atoms with Gasteiger partial charge in [-0.25, -0.2) is 12.2 Å². The van der Waals surface area contributed by atoms with E-state index >= 15 is 0 Å². The molecule has 0 radical (unpaired) electrons. The fourth-order valence-corrected chi connectivity index (χ4v) is 5.97. The molecule has 5 heteroatoms. The van der Waals surface area contributed by atoms with Crippen LogP contribution in [-0.4, -0.2) is 9.13 Å². The van der Waals surface area contributed by atoms with E-state index in [1.807, 2.05) is 12.1 Å². The van der Waals surface area contributed by atoms with Gasteiger partial charge in [0, 0.05) is 23.5 Å². The molecule has 4 aromatic carbocycles. The number of aryl methyl sites for hydroxylation is 1. The van der Waals surface area contributed by atoms with Gasteiger partial charge in [-0.1, -0.05) is 42.5 Å². The Balaban J connectivity index is 0.000000182. The predicted molar refractivity (Wildman–Crippen MR) is 150 cm³/mol. The summed E-state index contributed by atoms with van der Waals surface area (Å²) >= 11 is 0. The van der Waals surface area contributed by atoms with E-state index < -0.39 is 0 Å². The maximum absolute atomic E-state index is 3.36. The van der Waals surface area contributed by atoms with Crippen LogP contribution in [0.25, 0.3) is 33.4 Å². The van der Waals surface area contributed by atoms with Gasteiger partial charge in [0.05, 0.1) is 5.52 Å². The largest absolute Gasteiger partial charge is 4.00 e. The molecule has 0 bridgehead atoms. The summed E-state index contributed by atoms with van der Waals surface area (Å²) in [5.74, 6) is 0. The summed E-state index contributed by atoms with van der Waals surface area (Å²) in [7, 11) is 0. The second-order valence-corrected chi connectivity index (χ2v) is 9.80. The summed E-state index contributed by atoms with van der Waals surface area (Å²) < 4.78 is 4.67. The Morgan fingerprint density at radius 3 is 2.33 bits per heavy atom. The molecule has 192 valence electrons. The quantitative estimate of drug-likeness (QED) is 0.193. The number of hydrogen-bond donors (Lipinski definition) is 0. The number of fused-ring (bicyclic) bond motifs is 5. The molecule has 0 spiro atoms. The molecule has 2 nitrogen and oxygen atoms in total. The molecule has 2 heterocycles.